The fourth-order valence-electron chi connectivity index (χ4n) is 3.13. The van der Waals surface area contributed by atoms with E-state index in [4.69, 9.17) is 9.47 Å². The molecule has 0 aromatic heterocycles. The molecule has 0 aliphatic carbocycles. The summed E-state index contributed by atoms with van der Waals surface area (Å²) in [7, 11) is -3.55. The van der Waals surface area contributed by atoms with Crippen LogP contribution in [0.3, 0.4) is 0 Å². The number of hydrogen-bond acceptors (Lipinski definition) is 6. The quantitative estimate of drug-likeness (QED) is 0.766. The van der Waals surface area contributed by atoms with E-state index in [2.05, 4.69) is 10.6 Å². The normalized spacial score (nSPS) is 20.2. The maximum absolute atomic E-state index is 12.5. The summed E-state index contributed by atoms with van der Waals surface area (Å²) >= 11 is 0. The van der Waals surface area contributed by atoms with Crippen LogP contribution < -0.4 is 20.1 Å². The first-order chi connectivity index (χ1) is 12.5. The largest absolute Gasteiger partial charge is 0.490 e. The highest BCUT2D eigenvalue weighted by Gasteiger charge is 2.21. The van der Waals surface area contributed by atoms with Crippen molar-refractivity contribution in [3.8, 4) is 11.5 Å². The second-order valence-electron chi connectivity index (χ2n) is 6.74. The number of sulfone groups is 1. The Hall–Kier alpha value is -1.80. The van der Waals surface area contributed by atoms with Gasteiger partial charge in [0.15, 0.2) is 21.3 Å². The van der Waals surface area contributed by atoms with Crippen LogP contribution >= 0.6 is 0 Å². The zero-order chi connectivity index (χ0) is 18.4. The molecular weight excluding hydrogens is 356 g/mol. The van der Waals surface area contributed by atoms with Crippen LogP contribution in [-0.2, 0) is 14.6 Å². The van der Waals surface area contributed by atoms with Gasteiger partial charge in [0.1, 0.15) is 0 Å². The molecule has 7 nitrogen and oxygen atoms in total. The Morgan fingerprint density at radius 3 is 2.77 bits per heavy atom. The van der Waals surface area contributed by atoms with E-state index in [1.807, 2.05) is 0 Å². The second-order valence-corrected chi connectivity index (χ2v) is 8.85. The second kappa shape index (κ2) is 8.73. The number of hydrogen-bond donors (Lipinski definition) is 2. The summed E-state index contributed by atoms with van der Waals surface area (Å²) in [6.45, 7) is 3.56. The van der Waals surface area contributed by atoms with E-state index in [1.165, 1.54) is 12.1 Å². The van der Waals surface area contributed by atoms with Gasteiger partial charge in [0.25, 0.3) is 0 Å². The maximum Gasteiger partial charge on any atom is 0.221 e. The first-order valence-electron chi connectivity index (χ1n) is 9.14. The number of nitrogens with one attached hydrogen (secondary N) is 2. The molecule has 8 heteroatoms. The lowest BCUT2D eigenvalue weighted by atomic mass is 10.00. The molecule has 2 N–H and O–H groups in total. The van der Waals surface area contributed by atoms with E-state index < -0.39 is 9.84 Å². The topological polar surface area (TPSA) is 93.7 Å². The lowest BCUT2D eigenvalue weighted by Gasteiger charge is -2.22. The lowest BCUT2D eigenvalue weighted by Crippen LogP contribution is -2.38. The number of ether oxygens (including phenoxy) is 2. The lowest BCUT2D eigenvalue weighted by molar-refractivity contribution is -0.120. The molecule has 1 aromatic carbocycles. The minimum Gasteiger partial charge on any atom is -0.490 e. The molecule has 2 aliphatic rings. The van der Waals surface area contributed by atoms with Crippen molar-refractivity contribution in [3.05, 3.63) is 18.2 Å². The molecule has 0 saturated carbocycles. The third-order valence-corrected chi connectivity index (χ3v) is 6.38. The zero-order valence-electron chi connectivity index (χ0n) is 14.8. The van der Waals surface area contributed by atoms with Crippen LogP contribution in [0.2, 0.25) is 0 Å². The zero-order valence-corrected chi connectivity index (χ0v) is 15.6. The van der Waals surface area contributed by atoms with E-state index in [-0.39, 0.29) is 23.0 Å². The third kappa shape index (κ3) is 5.11. The minimum absolute atomic E-state index is 0.0447. The summed E-state index contributed by atoms with van der Waals surface area (Å²) in [6, 6.07) is 4.61. The fraction of sp³-hybridized carbons (Fsp3) is 0.611. The molecular formula is C18H26N2O5S. The van der Waals surface area contributed by atoms with Gasteiger partial charge in [-0.25, -0.2) is 8.42 Å². The van der Waals surface area contributed by atoms with E-state index in [0.717, 1.165) is 32.4 Å². The summed E-state index contributed by atoms with van der Waals surface area (Å²) in [5.74, 6) is 0.971. The highest BCUT2D eigenvalue weighted by molar-refractivity contribution is 7.91. The molecule has 0 spiro atoms. The molecule has 1 unspecified atom stereocenters. The van der Waals surface area contributed by atoms with Gasteiger partial charge >= 0.3 is 0 Å². The van der Waals surface area contributed by atoms with Gasteiger partial charge in [0.05, 0.1) is 23.9 Å². The van der Waals surface area contributed by atoms with Crippen molar-refractivity contribution in [1.29, 1.82) is 0 Å². The van der Waals surface area contributed by atoms with E-state index in [0.29, 0.717) is 37.2 Å². The molecule has 1 aromatic rings. The van der Waals surface area contributed by atoms with Gasteiger partial charge in [-0.2, -0.15) is 0 Å². The number of fused-ring (bicyclic) bond motifs is 1. The van der Waals surface area contributed by atoms with Gasteiger partial charge in [0.2, 0.25) is 5.91 Å². The van der Waals surface area contributed by atoms with Crippen molar-refractivity contribution >= 4 is 15.7 Å². The van der Waals surface area contributed by atoms with Gasteiger partial charge in [0, 0.05) is 25.5 Å². The fourth-order valence-corrected chi connectivity index (χ4v) is 4.38. The van der Waals surface area contributed by atoms with Crippen molar-refractivity contribution in [1.82, 2.24) is 10.6 Å². The van der Waals surface area contributed by atoms with Crippen LogP contribution in [0.1, 0.15) is 25.7 Å². The van der Waals surface area contributed by atoms with E-state index in [1.54, 1.807) is 6.07 Å². The average molecular weight is 382 g/mol. The Balaban J connectivity index is 1.53. The Bertz CT molecular complexity index is 729. The number of carbonyl (C=O) groups is 1. The molecule has 1 amide bonds. The maximum atomic E-state index is 12.5. The molecule has 1 saturated heterocycles. The SMILES string of the molecule is O=C(CCS(=O)(=O)c1ccc2c(c1)OCCCO2)NCC1CCCNC1. The van der Waals surface area contributed by atoms with Crippen LogP contribution in [0, 0.1) is 5.92 Å². The molecule has 2 aliphatic heterocycles. The van der Waals surface area contributed by atoms with Crippen molar-refractivity contribution in [2.75, 3.05) is 38.6 Å². The van der Waals surface area contributed by atoms with Crippen LogP contribution in [-0.4, -0.2) is 52.9 Å². The summed E-state index contributed by atoms with van der Waals surface area (Å²) in [5.41, 5.74) is 0. The predicted molar refractivity (Wildman–Crippen MR) is 97.3 cm³/mol. The van der Waals surface area contributed by atoms with Crippen LogP contribution in [0.15, 0.2) is 23.1 Å². The van der Waals surface area contributed by atoms with Crippen LogP contribution in [0.4, 0.5) is 0 Å². The Labute approximate surface area is 154 Å². The highest BCUT2D eigenvalue weighted by Crippen LogP contribution is 2.32. The van der Waals surface area contributed by atoms with Crippen molar-refractivity contribution in [2.24, 2.45) is 5.92 Å². The Morgan fingerprint density at radius 1 is 1.19 bits per heavy atom. The summed E-state index contributed by atoms with van der Waals surface area (Å²) in [6.07, 6.45) is 2.91. The van der Waals surface area contributed by atoms with Gasteiger partial charge in [-0.15, -0.1) is 0 Å². The number of piperidine rings is 1. The minimum atomic E-state index is -3.55. The smallest absolute Gasteiger partial charge is 0.221 e. The molecule has 2 heterocycles. The standard InChI is InChI=1S/C18H26N2O5S/c21-18(20-13-14-3-1-7-19-12-14)6-10-26(22,23)15-4-5-16-17(11-15)25-9-2-8-24-16/h4-5,11,14,19H,1-3,6-10,12-13H2,(H,20,21). The van der Waals surface area contributed by atoms with Crippen molar-refractivity contribution in [2.45, 2.75) is 30.6 Å². The monoisotopic (exact) mass is 382 g/mol. The molecule has 144 valence electrons. The number of amides is 1. The number of benzene rings is 1. The van der Waals surface area contributed by atoms with E-state index >= 15 is 0 Å². The molecule has 1 atom stereocenters. The van der Waals surface area contributed by atoms with Crippen molar-refractivity contribution in [3.63, 3.8) is 0 Å². The first-order valence-corrected chi connectivity index (χ1v) is 10.8. The molecule has 3 rings (SSSR count). The Morgan fingerprint density at radius 2 is 2.00 bits per heavy atom. The first kappa shape index (κ1) is 19.0. The van der Waals surface area contributed by atoms with Gasteiger partial charge in [-0.3, -0.25) is 4.79 Å². The molecule has 1 fully saturated rings. The van der Waals surface area contributed by atoms with Crippen molar-refractivity contribution < 1.29 is 22.7 Å². The van der Waals surface area contributed by atoms with Crippen LogP contribution in [0.5, 0.6) is 11.5 Å². The van der Waals surface area contributed by atoms with Gasteiger partial charge < -0.3 is 20.1 Å². The molecule has 0 bridgehead atoms. The van der Waals surface area contributed by atoms with E-state index in [9.17, 15) is 13.2 Å². The van der Waals surface area contributed by atoms with Crippen LogP contribution in [0.25, 0.3) is 0 Å². The Kier molecular flexibility index (Phi) is 6.37. The molecule has 0 radical (unpaired) electrons. The summed E-state index contributed by atoms with van der Waals surface area (Å²) in [4.78, 5) is 12.2. The summed E-state index contributed by atoms with van der Waals surface area (Å²) < 4.78 is 36.1. The third-order valence-electron chi connectivity index (χ3n) is 4.66. The predicted octanol–water partition coefficient (Wildman–Crippen LogP) is 1.13. The summed E-state index contributed by atoms with van der Waals surface area (Å²) in [5, 5.41) is 6.14. The van der Waals surface area contributed by atoms with Gasteiger partial charge in [-0.1, -0.05) is 0 Å². The van der Waals surface area contributed by atoms with Gasteiger partial charge in [-0.05, 0) is 44.0 Å². The number of rotatable bonds is 6. The number of carbonyl (C=O) groups excluding carboxylic acids is 1. The highest BCUT2D eigenvalue weighted by atomic mass is 32.2. The average Bonchev–Trinajstić information content (AvgIpc) is 2.90. The molecule has 26 heavy (non-hydrogen) atoms.